The lowest BCUT2D eigenvalue weighted by molar-refractivity contribution is 0.102. The number of benzene rings is 3. The van der Waals surface area contributed by atoms with E-state index >= 15 is 0 Å². The molecule has 1 amide bonds. The first-order valence-corrected chi connectivity index (χ1v) is 8.42. The molecule has 3 aromatic carbocycles. The van der Waals surface area contributed by atoms with Crippen LogP contribution in [0.1, 0.15) is 10.4 Å². The van der Waals surface area contributed by atoms with Crippen molar-refractivity contribution in [1.29, 1.82) is 0 Å². The summed E-state index contributed by atoms with van der Waals surface area (Å²) in [5.74, 6) is -0.595. The predicted molar refractivity (Wildman–Crippen MR) is 103 cm³/mol. The highest BCUT2D eigenvalue weighted by Crippen LogP contribution is 2.28. The van der Waals surface area contributed by atoms with Gasteiger partial charge in [-0.1, -0.05) is 46.9 Å². The smallest absolute Gasteiger partial charge is 0.259 e. The number of phenolic OH excluding ortho intramolecular Hbond substituents is 1. The van der Waals surface area contributed by atoms with Crippen LogP contribution in [0.3, 0.4) is 0 Å². The summed E-state index contributed by atoms with van der Waals surface area (Å²) in [4.78, 5) is 12.2. The summed E-state index contributed by atoms with van der Waals surface area (Å²) in [5.41, 5.74) is 2.54. The van der Waals surface area contributed by atoms with Gasteiger partial charge in [0.15, 0.2) is 0 Å². The van der Waals surface area contributed by atoms with Crippen molar-refractivity contribution in [3.05, 3.63) is 81.3 Å². The van der Waals surface area contributed by atoms with Crippen LogP contribution < -0.4 is 5.32 Å². The summed E-state index contributed by atoms with van der Waals surface area (Å²) < 4.78 is 0. The van der Waals surface area contributed by atoms with Crippen LogP contribution in [0.25, 0.3) is 11.1 Å². The molecule has 0 saturated heterocycles. The van der Waals surface area contributed by atoms with Crippen LogP contribution in [-0.4, -0.2) is 11.0 Å². The van der Waals surface area contributed by atoms with Gasteiger partial charge in [-0.25, -0.2) is 0 Å². The number of hydrogen-bond donors (Lipinski definition) is 2. The average molecular weight is 393 g/mol. The second-order valence-electron chi connectivity index (χ2n) is 5.35. The third-order valence-electron chi connectivity index (χ3n) is 3.54. The standard InChI is InChI=1S/C19H12Cl3NO2/c20-13-3-6-17(18(24)10-13)19(25)23-16-4-1-11(2-5-16)12-7-14(21)9-15(22)8-12/h1-10,24H,(H,23,25). The Morgan fingerprint density at radius 3 is 2.00 bits per heavy atom. The Morgan fingerprint density at radius 2 is 1.40 bits per heavy atom. The molecule has 0 bridgehead atoms. The van der Waals surface area contributed by atoms with Crippen LogP contribution in [0.2, 0.25) is 15.1 Å². The number of phenols is 1. The monoisotopic (exact) mass is 391 g/mol. The molecule has 126 valence electrons. The molecule has 0 aromatic heterocycles. The van der Waals surface area contributed by atoms with E-state index in [1.165, 1.54) is 12.1 Å². The van der Waals surface area contributed by atoms with Gasteiger partial charge >= 0.3 is 0 Å². The second-order valence-corrected chi connectivity index (χ2v) is 6.66. The predicted octanol–water partition coefficient (Wildman–Crippen LogP) is 6.27. The first kappa shape index (κ1) is 17.6. The van der Waals surface area contributed by atoms with Crippen LogP contribution in [0.5, 0.6) is 5.75 Å². The molecular weight excluding hydrogens is 381 g/mol. The molecule has 0 saturated carbocycles. The van der Waals surface area contributed by atoms with Gasteiger partial charge in [-0.2, -0.15) is 0 Å². The van der Waals surface area contributed by atoms with Crippen LogP contribution >= 0.6 is 34.8 Å². The molecular formula is C19H12Cl3NO2. The molecule has 3 rings (SSSR count). The number of halogens is 3. The fourth-order valence-electron chi connectivity index (χ4n) is 2.36. The largest absolute Gasteiger partial charge is 0.507 e. The Labute approximate surface area is 159 Å². The van der Waals surface area contributed by atoms with Gasteiger partial charge in [-0.3, -0.25) is 4.79 Å². The van der Waals surface area contributed by atoms with Crippen LogP contribution in [0, 0.1) is 0 Å². The normalized spacial score (nSPS) is 10.5. The van der Waals surface area contributed by atoms with Crippen molar-refractivity contribution in [2.75, 3.05) is 5.32 Å². The van der Waals surface area contributed by atoms with E-state index in [2.05, 4.69) is 5.32 Å². The number of hydrogen-bond acceptors (Lipinski definition) is 2. The molecule has 0 aliphatic heterocycles. The summed E-state index contributed by atoms with van der Waals surface area (Å²) in [6, 6.07) is 16.8. The molecule has 3 nitrogen and oxygen atoms in total. The number of aromatic hydroxyl groups is 1. The fourth-order valence-corrected chi connectivity index (χ4v) is 3.05. The maximum absolute atomic E-state index is 12.2. The van der Waals surface area contributed by atoms with Gasteiger partial charge in [0.05, 0.1) is 5.56 Å². The van der Waals surface area contributed by atoms with Crippen molar-refractivity contribution in [2.24, 2.45) is 0 Å². The molecule has 0 atom stereocenters. The average Bonchev–Trinajstić information content (AvgIpc) is 2.54. The minimum Gasteiger partial charge on any atom is -0.507 e. The number of anilines is 1. The van der Waals surface area contributed by atoms with Crippen molar-refractivity contribution in [1.82, 2.24) is 0 Å². The lowest BCUT2D eigenvalue weighted by Crippen LogP contribution is -2.11. The van der Waals surface area contributed by atoms with Gasteiger partial charge in [0.1, 0.15) is 5.75 Å². The number of amides is 1. The Bertz CT molecular complexity index is 920. The van der Waals surface area contributed by atoms with E-state index in [-0.39, 0.29) is 11.3 Å². The molecule has 2 N–H and O–H groups in total. The van der Waals surface area contributed by atoms with E-state index in [0.717, 1.165) is 11.1 Å². The zero-order valence-electron chi connectivity index (χ0n) is 12.8. The molecule has 0 aliphatic rings. The maximum atomic E-state index is 12.2. The molecule has 0 radical (unpaired) electrons. The number of nitrogens with one attached hydrogen (secondary N) is 1. The third-order valence-corrected chi connectivity index (χ3v) is 4.21. The highest BCUT2D eigenvalue weighted by Gasteiger charge is 2.12. The third kappa shape index (κ3) is 4.26. The highest BCUT2D eigenvalue weighted by molar-refractivity contribution is 6.35. The molecule has 3 aromatic rings. The topological polar surface area (TPSA) is 49.3 Å². The highest BCUT2D eigenvalue weighted by atomic mass is 35.5. The van der Waals surface area contributed by atoms with E-state index in [1.54, 1.807) is 24.3 Å². The van der Waals surface area contributed by atoms with Crippen molar-refractivity contribution < 1.29 is 9.90 Å². The minimum absolute atomic E-state index is 0.148. The van der Waals surface area contributed by atoms with E-state index < -0.39 is 5.91 Å². The summed E-state index contributed by atoms with van der Waals surface area (Å²) in [6.07, 6.45) is 0. The molecule has 6 heteroatoms. The fraction of sp³-hybridized carbons (Fsp3) is 0. The molecule has 0 aliphatic carbocycles. The second kappa shape index (κ2) is 7.36. The van der Waals surface area contributed by atoms with Crippen LogP contribution in [0.4, 0.5) is 5.69 Å². The Balaban J connectivity index is 1.79. The Morgan fingerprint density at radius 1 is 0.760 bits per heavy atom. The quantitative estimate of drug-likeness (QED) is 0.551. The molecule has 0 unspecified atom stereocenters. The Kier molecular flexibility index (Phi) is 5.19. The van der Waals surface area contributed by atoms with Crippen molar-refractivity contribution in [2.45, 2.75) is 0 Å². The first-order valence-electron chi connectivity index (χ1n) is 7.29. The van der Waals surface area contributed by atoms with Gasteiger partial charge in [0, 0.05) is 20.8 Å². The molecule has 0 fully saturated rings. The van der Waals surface area contributed by atoms with E-state index in [9.17, 15) is 9.90 Å². The molecule has 25 heavy (non-hydrogen) atoms. The molecule has 0 heterocycles. The number of carbonyl (C=O) groups excluding carboxylic acids is 1. The van der Waals surface area contributed by atoms with Gasteiger partial charge in [0.2, 0.25) is 0 Å². The van der Waals surface area contributed by atoms with Gasteiger partial charge < -0.3 is 10.4 Å². The Hall–Kier alpha value is -2.20. The van der Waals surface area contributed by atoms with Crippen LogP contribution in [-0.2, 0) is 0 Å². The number of rotatable bonds is 3. The summed E-state index contributed by atoms with van der Waals surface area (Å²) >= 11 is 17.8. The SMILES string of the molecule is O=C(Nc1ccc(-c2cc(Cl)cc(Cl)c2)cc1)c1ccc(Cl)cc1O. The number of carbonyl (C=O) groups is 1. The van der Waals surface area contributed by atoms with E-state index in [1.807, 2.05) is 24.3 Å². The zero-order chi connectivity index (χ0) is 18.0. The molecule has 0 spiro atoms. The van der Waals surface area contributed by atoms with E-state index in [4.69, 9.17) is 34.8 Å². The van der Waals surface area contributed by atoms with Crippen LogP contribution in [0.15, 0.2) is 60.7 Å². The lowest BCUT2D eigenvalue weighted by atomic mass is 10.1. The summed E-state index contributed by atoms with van der Waals surface area (Å²) in [6.45, 7) is 0. The van der Waals surface area contributed by atoms with Gasteiger partial charge in [-0.05, 0) is 59.7 Å². The van der Waals surface area contributed by atoms with Gasteiger partial charge in [-0.15, -0.1) is 0 Å². The van der Waals surface area contributed by atoms with E-state index in [0.29, 0.717) is 20.8 Å². The van der Waals surface area contributed by atoms with Crippen molar-refractivity contribution >= 4 is 46.4 Å². The maximum Gasteiger partial charge on any atom is 0.259 e. The van der Waals surface area contributed by atoms with Gasteiger partial charge in [0.25, 0.3) is 5.91 Å². The first-order chi connectivity index (χ1) is 11.9. The van der Waals surface area contributed by atoms with Crippen molar-refractivity contribution in [3.63, 3.8) is 0 Å². The lowest BCUT2D eigenvalue weighted by Gasteiger charge is -2.09. The zero-order valence-corrected chi connectivity index (χ0v) is 15.0. The summed E-state index contributed by atoms with van der Waals surface area (Å²) in [5, 5.41) is 14.0. The minimum atomic E-state index is -0.423. The van der Waals surface area contributed by atoms with Crippen molar-refractivity contribution in [3.8, 4) is 16.9 Å². The summed E-state index contributed by atoms with van der Waals surface area (Å²) in [7, 11) is 0.